The monoisotopic (exact) mass is 414 g/mol. The van der Waals surface area contributed by atoms with E-state index in [1.54, 1.807) is 54.6 Å². The highest BCUT2D eigenvalue weighted by Crippen LogP contribution is 2.17. The van der Waals surface area contributed by atoms with E-state index in [4.69, 9.17) is 9.47 Å². The van der Waals surface area contributed by atoms with Crippen molar-refractivity contribution in [2.45, 2.75) is 6.92 Å². The number of carbonyl (C=O) groups excluding carboxylic acids is 2. The Hall–Kier alpha value is -4.19. The van der Waals surface area contributed by atoms with Gasteiger partial charge in [-0.3, -0.25) is 4.79 Å². The highest BCUT2D eigenvalue weighted by Gasteiger charge is 2.10. The topological polar surface area (TPSA) is 77.0 Å². The Labute approximate surface area is 180 Å². The van der Waals surface area contributed by atoms with Crippen molar-refractivity contribution in [2.75, 3.05) is 6.61 Å². The molecule has 3 rings (SSSR count). The second-order valence-electron chi connectivity index (χ2n) is 6.36. The lowest BCUT2D eigenvalue weighted by Crippen LogP contribution is -2.18. The van der Waals surface area contributed by atoms with Crippen LogP contribution in [0.3, 0.4) is 0 Å². The number of esters is 1. The molecule has 0 spiro atoms. The molecule has 1 amide bonds. The first-order valence-corrected chi connectivity index (χ1v) is 9.76. The third-order valence-corrected chi connectivity index (χ3v) is 4.12. The molecule has 0 saturated heterocycles. The fraction of sp³-hybridized carbons (Fsp3) is 0.0800. The summed E-state index contributed by atoms with van der Waals surface area (Å²) in [6.07, 6.45) is 4.57. The van der Waals surface area contributed by atoms with E-state index in [0.29, 0.717) is 23.7 Å². The van der Waals surface area contributed by atoms with Crippen LogP contribution in [-0.2, 0) is 4.79 Å². The van der Waals surface area contributed by atoms with E-state index < -0.39 is 5.97 Å². The van der Waals surface area contributed by atoms with E-state index in [1.165, 1.54) is 12.3 Å². The molecule has 0 radical (unpaired) electrons. The van der Waals surface area contributed by atoms with Crippen LogP contribution >= 0.6 is 0 Å². The largest absolute Gasteiger partial charge is 0.493 e. The first-order chi connectivity index (χ1) is 15.2. The smallest absolute Gasteiger partial charge is 0.336 e. The van der Waals surface area contributed by atoms with Crippen LogP contribution < -0.4 is 14.9 Å². The molecule has 0 aromatic heterocycles. The predicted molar refractivity (Wildman–Crippen MR) is 120 cm³/mol. The summed E-state index contributed by atoms with van der Waals surface area (Å²) < 4.78 is 10.7. The molecule has 6 nitrogen and oxygen atoms in total. The van der Waals surface area contributed by atoms with Crippen molar-refractivity contribution in [3.63, 3.8) is 0 Å². The maximum absolute atomic E-state index is 12.3. The van der Waals surface area contributed by atoms with E-state index in [2.05, 4.69) is 10.5 Å². The van der Waals surface area contributed by atoms with Crippen LogP contribution in [0.15, 0.2) is 90.0 Å². The van der Waals surface area contributed by atoms with Crippen molar-refractivity contribution in [1.82, 2.24) is 5.43 Å². The molecular weight excluding hydrogens is 392 g/mol. The number of amides is 1. The number of benzene rings is 3. The van der Waals surface area contributed by atoms with Crippen molar-refractivity contribution < 1.29 is 19.1 Å². The summed E-state index contributed by atoms with van der Waals surface area (Å²) in [6, 6.07) is 23.2. The number of hydrogen-bond donors (Lipinski definition) is 1. The standard InChI is InChI=1S/C25H22N2O4/c1-2-30-23-11-7-6-10-22(23)25(29)27-26-18-20-12-15-21(16-13-20)31-24(28)17-14-19-8-4-3-5-9-19/h3-18H,2H2,1H3,(H,27,29). The van der Waals surface area contributed by atoms with Gasteiger partial charge in [0, 0.05) is 6.08 Å². The van der Waals surface area contributed by atoms with Gasteiger partial charge < -0.3 is 9.47 Å². The summed E-state index contributed by atoms with van der Waals surface area (Å²) in [5.74, 6) is 0.0845. The van der Waals surface area contributed by atoms with Crippen molar-refractivity contribution in [3.8, 4) is 11.5 Å². The quantitative estimate of drug-likeness (QED) is 0.194. The van der Waals surface area contributed by atoms with Crippen molar-refractivity contribution >= 4 is 24.2 Å². The average Bonchev–Trinajstić information content (AvgIpc) is 2.80. The van der Waals surface area contributed by atoms with Gasteiger partial charge in [-0.1, -0.05) is 42.5 Å². The molecule has 0 aliphatic carbocycles. The molecule has 156 valence electrons. The maximum Gasteiger partial charge on any atom is 0.336 e. The molecule has 0 heterocycles. The number of ether oxygens (including phenoxy) is 2. The predicted octanol–water partition coefficient (Wildman–Crippen LogP) is 4.47. The van der Waals surface area contributed by atoms with Crippen LogP contribution in [0.25, 0.3) is 6.08 Å². The lowest BCUT2D eigenvalue weighted by Gasteiger charge is -2.08. The summed E-state index contributed by atoms with van der Waals surface area (Å²) in [5.41, 5.74) is 4.54. The summed E-state index contributed by atoms with van der Waals surface area (Å²) in [5, 5.41) is 3.97. The van der Waals surface area contributed by atoms with Crippen LogP contribution in [-0.4, -0.2) is 24.7 Å². The van der Waals surface area contributed by atoms with Crippen molar-refractivity contribution in [3.05, 3.63) is 102 Å². The van der Waals surface area contributed by atoms with E-state index >= 15 is 0 Å². The minimum atomic E-state index is -0.467. The first kappa shape index (κ1) is 21.5. The number of hydrazone groups is 1. The van der Waals surface area contributed by atoms with Gasteiger partial charge in [-0.05, 0) is 60.5 Å². The molecule has 0 atom stereocenters. The number of nitrogens with one attached hydrogen (secondary N) is 1. The van der Waals surface area contributed by atoms with Gasteiger partial charge in [0.1, 0.15) is 11.5 Å². The molecule has 0 aliphatic rings. The zero-order valence-corrected chi connectivity index (χ0v) is 17.0. The molecule has 0 fully saturated rings. The second kappa shape index (κ2) is 11.1. The number of para-hydroxylation sites is 1. The van der Waals surface area contributed by atoms with Gasteiger partial charge in [0.2, 0.25) is 0 Å². The zero-order chi connectivity index (χ0) is 21.9. The van der Waals surface area contributed by atoms with Gasteiger partial charge in [0.05, 0.1) is 18.4 Å². The lowest BCUT2D eigenvalue weighted by molar-refractivity contribution is -0.128. The van der Waals surface area contributed by atoms with Crippen molar-refractivity contribution in [2.24, 2.45) is 5.10 Å². The Kier molecular flexibility index (Phi) is 7.71. The molecule has 0 bridgehead atoms. The van der Waals surface area contributed by atoms with Crippen LogP contribution in [0.2, 0.25) is 0 Å². The average molecular weight is 414 g/mol. The van der Waals surface area contributed by atoms with Crippen LogP contribution in [0.1, 0.15) is 28.4 Å². The molecule has 3 aromatic rings. The first-order valence-electron chi connectivity index (χ1n) is 9.76. The Morgan fingerprint density at radius 1 is 0.903 bits per heavy atom. The molecular formula is C25H22N2O4. The number of rotatable bonds is 8. The second-order valence-corrected chi connectivity index (χ2v) is 6.36. The number of carbonyl (C=O) groups is 2. The van der Waals surface area contributed by atoms with Gasteiger partial charge in [0.25, 0.3) is 5.91 Å². The summed E-state index contributed by atoms with van der Waals surface area (Å²) in [7, 11) is 0. The van der Waals surface area contributed by atoms with Crippen LogP contribution in [0.5, 0.6) is 11.5 Å². The Bertz CT molecular complexity index is 1070. The fourth-order valence-corrected chi connectivity index (χ4v) is 2.66. The van der Waals surface area contributed by atoms with E-state index in [1.807, 2.05) is 37.3 Å². The van der Waals surface area contributed by atoms with Crippen LogP contribution in [0, 0.1) is 0 Å². The molecule has 6 heteroatoms. The molecule has 0 unspecified atom stereocenters. The maximum atomic E-state index is 12.3. The highest BCUT2D eigenvalue weighted by molar-refractivity contribution is 5.97. The number of hydrogen-bond acceptors (Lipinski definition) is 5. The van der Waals surface area contributed by atoms with Crippen LogP contribution in [0.4, 0.5) is 0 Å². The van der Waals surface area contributed by atoms with E-state index in [0.717, 1.165) is 11.1 Å². The Morgan fingerprint density at radius 2 is 1.61 bits per heavy atom. The minimum Gasteiger partial charge on any atom is -0.493 e. The third-order valence-electron chi connectivity index (χ3n) is 4.12. The van der Waals surface area contributed by atoms with Gasteiger partial charge in [-0.15, -0.1) is 0 Å². The van der Waals surface area contributed by atoms with Gasteiger partial charge in [-0.25, -0.2) is 10.2 Å². The van der Waals surface area contributed by atoms with Gasteiger partial charge in [0.15, 0.2) is 0 Å². The summed E-state index contributed by atoms with van der Waals surface area (Å²) >= 11 is 0. The SMILES string of the molecule is CCOc1ccccc1C(=O)NN=Cc1ccc(OC(=O)C=Cc2ccccc2)cc1. The van der Waals surface area contributed by atoms with Crippen molar-refractivity contribution in [1.29, 1.82) is 0 Å². The Morgan fingerprint density at radius 3 is 2.35 bits per heavy atom. The van der Waals surface area contributed by atoms with E-state index in [9.17, 15) is 9.59 Å². The third kappa shape index (κ3) is 6.68. The Balaban J connectivity index is 1.53. The molecule has 0 aliphatic heterocycles. The summed E-state index contributed by atoms with van der Waals surface area (Å²) in [4.78, 5) is 24.2. The number of nitrogens with zero attached hydrogens (tertiary/aromatic N) is 1. The molecule has 3 aromatic carbocycles. The molecule has 0 saturated carbocycles. The van der Waals surface area contributed by atoms with Gasteiger partial charge >= 0.3 is 5.97 Å². The fourth-order valence-electron chi connectivity index (χ4n) is 2.66. The summed E-state index contributed by atoms with van der Waals surface area (Å²) in [6.45, 7) is 2.32. The zero-order valence-electron chi connectivity index (χ0n) is 17.0. The highest BCUT2D eigenvalue weighted by atomic mass is 16.5. The molecule has 31 heavy (non-hydrogen) atoms. The van der Waals surface area contributed by atoms with Gasteiger partial charge in [-0.2, -0.15) is 5.10 Å². The lowest BCUT2D eigenvalue weighted by atomic mass is 10.2. The minimum absolute atomic E-state index is 0.365. The van der Waals surface area contributed by atoms with E-state index in [-0.39, 0.29) is 5.91 Å². The normalized spacial score (nSPS) is 10.9. The molecule has 1 N–H and O–H groups in total.